The number of fused-ring (bicyclic) bond motifs is 1. The number of pyridine rings is 2. The zero-order valence-electron chi connectivity index (χ0n) is 21.7. The van der Waals surface area contributed by atoms with Crippen LogP contribution in [-0.2, 0) is 16.0 Å². The van der Waals surface area contributed by atoms with Crippen molar-refractivity contribution in [2.45, 2.75) is 45.8 Å². The molecular weight excluding hydrogens is 480 g/mol. The molecule has 1 aliphatic heterocycles. The summed E-state index contributed by atoms with van der Waals surface area (Å²) in [7, 11) is 0. The lowest BCUT2D eigenvalue weighted by atomic mass is 9.86. The molecule has 8 nitrogen and oxygen atoms in total. The van der Waals surface area contributed by atoms with Gasteiger partial charge in [-0.2, -0.15) is 0 Å². The van der Waals surface area contributed by atoms with Gasteiger partial charge in [-0.05, 0) is 80.8 Å². The van der Waals surface area contributed by atoms with E-state index < -0.39 is 17.7 Å². The topological polar surface area (TPSA) is 99.4 Å². The first-order chi connectivity index (χ1) is 18.2. The summed E-state index contributed by atoms with van der Waals surface area (Å²) < 4.78 is 14.0. The number of benzene rings is 2. The Balaban J connectivity index is 1.71. The summed E-state index contributed by atoms with van der Waals surface area (Å²) in [5.41, 5.74) is 4.93. The molecule has 3 aromatic heterocycles. The van der Waals surface area contributed by atoms with Gasteiger partial charge in [-0.3, -0.25) is 9.55 Å². The molecule has 0 fully saturated rings. The lowest BCUT2D eigenvalue weighted by Crippen LogP contribution is -2.28. The van der Waals surface area contributed by atoms with E-state index in [0.29, 0.717) is 12.2 Å². The number of carbonyl (C=O) groups is 1. The fourth-order valence-corrected chi connectivity index (χ4v) is 5.27. The Morgan fingerprint density at radius 2 is 2.00 bits per heavy atom. The Bertz CT molecular complexity index is 1690. The van der Waals surface area contributed by atoms with Gasteiger partial charge < -0.3 is 14.6 Å². The predicted molar refractivity (Wildman–Crippen MR) is 145 cm³/mol. The second-order valence-electron chi connectivity index (χ2n) is 10.5. The molecule has 0 aliphatic carbocycles. The fraction of sp³-hybridized carbons (Fsp3) is 0.267. The van der Waals surface area contributed by atoms with Crippen molar-refractivity contribution in [3.8, 4) is 22.7 Å². The molecule has 1 aliphatic rings. The predicted octanol–water partition coefficient (Wildman–Crippen LogP) is 5.82. The molecule has 0 unspecified atom stereocenters. The molecule has 192 valence electrons. The second-order valence-corrected chi connectivity index (χ2v) is 10.5. The van der Waals surface area contributed by atoms with E-state index in [9.17, 15) is 9.90 Å². The number of aromatic nitrogens is 4. The van der Waals surface area contributed by atoms with Gasteiger partial charge in [-0.25, -0.2) is 14.8 Å². The van der Waals surface area contributed by atoms with Crippen LogP contribution in [0.2, 0.25) is 0 Å². The Kier molecular flexibility index (Phi) is 5.65. The molecule has 5 aromatic rings. The molecule has 1 N–H and O–H groups in total. The maximum absolute atomic E-state index is 12.7. The van der Waals surface area contributed by atoms with Gasteiger partial charge in [0.2, 0.25) is 0 Å². The van der Waals surface area contributed by atoms with Crippen LogP contribution >= 0.6 is 0 Å². The third kappa shape index (κ3) is 4.07. The number of carboxylic acid groups (broad SMARTS) is 1. The highest BCUT2D eigenvalue weighted by Gasteiger charge is 2.33. The number of rotatable bonds is 5. The van der Waals surface area contributed by atoms with Crippen molar-refractivity contribution in [2.24, 2.45) is 0 Å². The summed E-state index contributed by atoms with van der Waals surface area (Å²) in [5, 5.41) is 12.2. The third-order valence-corrected chi connectivity index (χ3v) is 6.79. The molecule has 0 amide bonds. The van der Waals surface area contributed by atoms with Crippen molar-refractivity contribution in [2.75, 3.05) is 6.61 Å². The molecule has 0 bridgehead atoms. The molecule has 1 atom stereocenters. The minimum atomic E-state index is -1.19. The van der Waals surface area contributed by atoms with Crippen LogP contribution in [0.1, 0.15) is 43.6 Å². The Hall–Kier alpha value is -4.30. The van der Waals surface area contributed by atoms with Crippen LogP contribution in [0.25, 0.3) is 38.8 Å². The van der Waals surface area contributed by atoms with E-state index in [1.54, 1.807) is 12.5 Å². The Morgan fingerprint density at radius 3 is 2.74 bits per heavy atom. The first kappa shape index (κ1) is 24.1. The highest BCUT2D eigenvalue weighted by atomic mass is 16.5. The molecular formula is C30H28N4O4. The van der Waals surface area contributed by atoms with Crippen LogP contribution in [0, 0.1) is 6.92 Å². The molecule has 0 radical (unpaired) electrons. The highest BCUT2D eigenvalue weighted by molar-refractivity contribution is 6.08. The van der Waals surface area contributed by atoms with Crippen LogP contribution in [0.3, 0.4) is 0 Å². The van der Waals surface area contributed by atoms with Gasteiger partial charge in [0.15, 0.2) is 6.10 Å². The summed E-state index contributed by atoms with van der Waals surface area (Å²) in [6.07, 6.45) is 6.65. The van der Waals surface area contributed by atoms with Crippen molar-refractivity contribution in [3.05, 3.63) is 78.0 Å². The maximum Gasteiger partial charge on any atom is 0.337 e. The standard InChI is InChI=1S/C30H28N4O4/c1-17-15-21-19(6-8-23(33-21)34-13-12-31-16-34)26(24(17)28(29(35)36)38-30(2,3)4)20-5-7-22-25-18(10-14-37-22)9-11-32-27(20)25/h5-9,11-13,15-16,28H,10,14H2,1-4H3,(H,35,36)/t28-/m0/s1. The van der Waals surface area contributed by atoms with Crippen LogP contribution in [-0.4, -0.2) is 42.8 Å². The van der Waals surface area contributed by atoms with E-state index in [4.69, 9.17) is 19.4 Å². The maximum atomic E-state index is 12.7. The van der Waals surface area contributed by atoms with Crippen molar-refractivity contribution in [1.82, 2.24) is 19.5 Å². The number of hydrogen-bond acceptors (Lipinski definition) is 6. The molecule has 8 heteroatoms. The number of aryl methyl sites for hydroxylation is 1. The number of aliphatic carboxylic acids is 1. The summed E-state index contributed by atoms with van der Waals surface area (Å²) in [5.74, 6) is 0.459. The molecule has 0 saturated heterocycles. The summed E-state index contributed by atoms with van der Waals surface area (Å²) in [4.78, 5) is 26.5. The lowest BCUT2D eigenvalue weighted by Gasteiger charge is -2.29. The van der Waals surface area contributed by atoms with E-state index in [1.807, 2.05) is 81.1 Å². The zero-order valence-corrected chi connectivity index (χ0v) is 21.7. The largest absolute Gasteiger partial charge is 0.493 e. The van der Waals surface area contributed by atoms with Crippen molar-refractivity contribution < 1.29 is 19.4 Å². The van der Waals surface area contributed by atoms with Crippen LogP contribution in [0.15, 0.2) is 61.3 Å². The average molecular weight is 509 g/mol. The van der Waals surface area contributed by atoms with Crippen molar-refractivity contribution in [1.29, 1.82) is 0 Å². The van der Waals surface area contributed by atoms with Crippen LogP contribution < -0.4 is 4.74 Å². The minimum Gasteiger partial charge on any atom is -0.493 e. The third-order valence-electron chi connectivity index (χ3n) is 6.79. The molecule has 6 rings (SSSR count). The van der Waals surface area contributed by atoms with Gasteiger partial charge in [0.25, 0.3) is 0 Å². The molecule has 38 heavy (non-hydrogen) atoms. The second kappa shape index (κ2) is 8.92. The first-order valence-corrected chi connectivity index (χ1v) is 12.6. The van der Waals surface area contributed by atoms with Gasteiger partial charge >= 0.3 is 5.97 Å². The zero-order chi connectivity index (χ0) is 26.6. The summed E-state index contributed by atoms with van der Waals surface area (Å²) >= 11 is 0. The molecule has 4 heterocycles. The number of hydrogen-bond donors (Lipinski definition) is 1. The van der Waals surface area contributed by atoms with Crippen LogP contribution in [0.5, 0.6) is 5.75 Å². The Morgan fingerprint density at radius 1 is 1.16 bits per heavy atom. The van der Waals surface area contributed by atoms with E-state index in [1.165, 1.54) is 0 Å². The minimum absolute atomic E-state index is 0.594. The SMILES string of the molecule is Cc1cc2nc(-n3ccnc3)ccc2c(-c2ccc3c4c(ccnc24)CCO3)c1[C@H](OC(C)(C)C)C(=O)O. The average Bonchev–Trinajstić information content (AvgIpc) is 3.42. The van der Waals surface area contributed by atoms with Gasteiger partial charge in [0, 0.05) is 46.9 Å². The van der Waals surface area contributed by atoms with Gasteiger partial charge in [-0.15, -0.1) is 0 Å². The fourth-order valence-electron chi connectivity index (χ4n) is 5.27. The quantitative estimate of drug-likeness (QED) is 0.319. The number of carboxylic acids is 1. The smallest absolute Gasteiger partial charge is 0.337 e. The van der Waals surface area contributed by atoms with E-state index >= 15 is 0 Å². The monoisotopic (exact) mass is 508 g/mol. The van der Waals surface area contributed by atoms with Crippen molar-refractivity contribution >= 4 is 27.8 Å². The summed E-state index contributed by atoms with van der Waals surface area (Å²) in [6, 6.07) is 11.8. The first-order valence-electron chi connectivity index (χ1n) is 12.6. The number of ether oxygens (including phenoxy) is 2. The number of imidazole rings is 1. The van der Waals surface area contributed by atoms with Gasteiger partial charge in [-0.1, -0.05) is 0 Å². The summed E-state index contributed by atoms with van der Waals surface area (Å²) in [6.45, 7) is 8.11. The molecule has 0 saturated carbocycles. The number of nitrogens with zero attached hydrogens (tertiary/aromatic N) is 4. The molecule has 0 spiro atoms. The van der Waals surface area contributed by atoms with E-state index in [2.05, 4.69) is 4.98 Å². The van der Waals surface area contributed by atoms with Gasteiger partial charge in [0.05, 0.1) is 23.2 Å². The molecule has 2 aromatic carbocycles. The van der Waals surface area contributed by atoms with E-state index in [-0.39, 0.29) is 0 Å². The normalized spacial score (nSPS) is 14.0. The van der Waals surface area contributed by atoms with Crippen molar-refractivity contribution in [3.63, 3.8) is 0 Å². The van der Waals surface area contributed by atoms with Crippen LogP contribution in [0.4, 0.5) is 0 Å². The lowest BCUT2D eigenvalue weighted by molar-refractivity contribution is -0.160. The Labute approximate surface area is 219 Å². The highest BCUT2D eigenvalue weighted by Crippen LogP contribution is 2.45. The van der Waals surface area contributed by atoms with Gasteiger partial charge in [0.1, 0.15) is 17.9 Å². The van der Waals surface area contributed by atoms with E-state index in [0.717, 1.165) is 62.0 Å².